The van der Waals surface area contributed by atoms with Crippen LogP contribution in [-0.4, -0.2) is 47.3 Å². The van der Waals surface area contributed by atoms with Crippen LogP contribution in [0, 0.1) is 11.8 Å². The van der Waals surface area contributed by atoms with Crippen LogP contribution in [0.15, 0.2) is 24.3 Å². The molecule has 1 saturated heterocycles. The number of rotatable bonds is 6. The maximum atomic E-state index is 13.0. The van der Waals surface area contributed by atoms with Crippen molar-refractivity contribution in [2.24, 2.45) is 11.8 Å². The first kappa shape index (κ1) is 20.8. The van der Waals surface area contributed by atoms with Crippen molar-refractivity contribution in [3.8, 4) is 28.7 Å². The van der Waals surface area contributed by atoms with E-state index in [4.69, 9.17) is 33.2 Å². The number of hydrogen-bond donors (Lipinski definition) is 0. The molecule has 0 N–H and O–H groups in total. The summed E-state index contributed by atoms with van der Waals surface area (Å²) in [5, 5.41) is 0. The highest BCUT2D eigenvalue weighted by atomic mass is 16.7. The highest BCUT2D eigenvalue weighted by molar-refractivity contribution is 5.79. The molecule has 0 spiro atoms. The second-order valence-corrected chi connectivity index (χ2v) is 7.97. The summed E-state index contributed by atoms with van der Waals surface area (Å²) in [4.78, 5) is 13.0. The van der Waals surface area contributed by atoms with Crippen molar-refractivity contribution < 1.29 is 38.0 Å². The standard InChI is InChI=1S/C24H26O8/c1-5-29-22-14-9-17-16(31-11-32-17)8-13(14)20(21-15(22)10-30-24(21)25)12-6-18(26-2)23(28-4)19(7-12)27-3/h6-9,15,20-22H,5,10-11H2,1-4H3/t15-,20+,21-,22+/m0/s1. The van der Waals surface area contributed by atoms with E-state index in [9.17, 15) is 4.79 Å². The normalized spacial score (nSPS) is 25.1. The van der Waals surface area contributed by atoms with E-state index in [-0.39, 0.29) is 30.7 Å². The van der Waals surface area contributed by atoms with E-state index in [1.54, 1.807) is 21.3 Å². The minimum absolute atomic E-state index is 0.126. The molecule has 2 aliphatic heterocycles. The molecule has 32 heavy (non-hydrogen) atoms. The van der Waals surface area contributed by atoms with Gasteiger partial charge in [0.25, 0.3) is 0 Å². The molecular weight excluding hydrogens is 416 g/mol. The zero-order valence-electron chi connectivity index (χ0n) is 18.5. The van der Waals surface area contributed by atoms with Gasteiger partial charge in [0.05, 0.1) is 40.0 Å². The zero-order chi connectivity index (χ0) is 22.4. The fourth-order valence-electron chi connectivity index (χ4n) is 5.19. The lowest BCUT2D eigenvalue weighted by molar-refractivity contribution is -0.141. The number of carbonyl (C=O) groups is 1. The molecular formula is C24H26O8. The van der Waals surface area contributed by atoms with Crippen LogP contribution in [0.2, 0.25) is 0 Å². The maximum Gasteiger partial charge on any atom is 0.310 e. The van der Waals surface area contributed by atoms with E-state index in [2.05, 4.69) is 0 Å². The van der Waals surface area contributed by atoms with Crippen LogP contribution in [0.1, 0.15) is 35.6 Å². The van der Waals surface area contributed by atoms with Crippen LogP contribution >= 0.6 is 0 Å². The third-order valence-corrected chi connectivity index (χ3v) is 6.51. The van der Waals surface area contributed by atoms with Crippen LogP contribution in [0.3, 0.4) is 0 Å². The van der Waals surface area contributed by atoms with Gasteiger partial charge in [-0.25, -0.2) is 0 Å². The van der Waals surface area contributed by atoms with E-state index >= 15 is 0 Å². The molecule has 4 atom stereocenters. The van der Waals surface area contributed by atoms with Gasteiger partial charge in [0, 0.05) is 18.4 Å². The summed E-state index contributed by atoms with van der Waals surface area (Å²) in [5.41, 5.74) is 2.79. The second kappa shape index (κ2) is 8.09. The molecule has 0 unspecified atom stereocenters. The molecule has 2 heterocycles. The number of methoxy groups -OCH3 is 3. The molecule has 0 aromatic heterocycles. The molecule has 0 radical (unpaired) electrons. The SMILES string of the molecule is CCO[C@@H]1c2cc3c(cc2[C@@H](c2cc(OC)c(OC)c(OC)c2)[C@H]2C(=O)OC[C@@H]21)OCO3. The number of cyclic esters (lactones) is 1. The summed E-state index contributed by atoms with van der Waals surface area (Å²) in [7, 11) is 4.71. The van der Waals surface area contributed by atoms with Gasteiger partial charge < -0.3 is 33.2 Å². The molecule has 8 nitrogen and oxygen atoms in total. The smallest absolute Gasteiger partial charge is 0.310 e. The van der Waals surface area contributed by atoms with Gasteiger partial charge in [-0.3, -0.25) is 4.79 Å². The summed E-state index contributed by atoms with van der Waals surface area (Å²) in [6.07, 6.45) is -0.278. The largest absolute Gasteiger partial charge is 0.493 e. The van der Waals surface area contributed by atoms with E-state index < -0.39 is 5.92 Å². The Morgan fingerprint density at radius 1 is 0.906 bits per heavy atom. The van der Waals surface area contributed by atoms with E-state index in [0.29, 0.717) is 42.0 Å². The first-order chi connectivity index (χ1) is 15.6. The minimum atomic E-state index is -0.415. The Hall–Kier alpha value is -3.13. The average Bonchev–Trinajstić information content (AvgIpc) is 3.43. The molecule has 0 saturated carbocycles. The highest BCUT2D eigenvalue weighted by Crippen LogP contribution is 2.56. The molecule has 1 fully saturated rings. The fourth-order valence-corrected chi connectivity index (χ4v) is 5.19. The van der Waals surface area contributed by atoms with E-state index in [1.807, 2.05) is 31.2 Å². The lowest BCUT2D eigenvalue weighted by Gasteiger charge is -2.39. The number of fused-ring (bicyclic) bond motifs is 3. The van der Waals surface area contributed by atoms with Crippen LogP contribution in [0.25, 0.3) is 0 Å². The number of hydrogen-bond acceptors (Lipinski definition) is 8. The molecule has 2 aromatic carbocycles. The van der Waals surface area contributed by atoms with Gasteiger partial charge in [-0.05, 0) is 47.9 Å². The molecule has 8 heteroatoms. The van der Waals surface area contributed by atoms with Gasteiger partial charge in [0.15, 0.2) is 23.0 Å². The van der Waals surface area contributed by atoms with Gasteiger partial charge in [0.1, 0.15) is 0 Å². The van der Waals surface area contributed by atoms with Gasteiger partial charge in [-0.15, -0.1) is 0 Å². The topological polar surface area (TPSA) is 81.7 Å². The Morgan fingerprint density at radius 2 is 1.56 bits per heavy atom. The molecule has 2 aromatic rings. The van der Waals surface area contributed by atoms with Crippen molar-refractivity contribution in [3.63, 3.8) is 0 Å². The monoisotopic (exact) mass is 442 g/mol. The Balaban J connectivity index is 1.74. The van der Waals surface area contributed by atoms with Crippen molar-refractivity contribution in [1.29, 1.82) is 0 Å². The first-order valence-electron chi connectivity index (χ1n) is 10.6. The molecule has 170 valence electrons. The van der Waals surface area contributed by atoms with Gasteiger partial charge >= 0.3 is 5.97 Å². The van der Waals surface area contributed by atoms with E-state index in [1.165, 1.54) is 0 Å². The predicted octanol–water partition coefficient (Wildman–Crippen LogP) is 3.45. The van der Waals surface area contributed by atoms with Crippen molar-refractivity contribution in [3.05, 3.63) is 41.0 Å². The lowest BCUT2D eigenvalue weighted by Crippen LogP contribution is -2.35. The Bertz CT molecular complexity index is 1020. The van der Waals surface area contributed by atoms with Crippen molar-refractivity contribution in [2.45, 2.75) is 18.9 Å². The van der Waals surface area contributed by atoms with Crippen LogP contribution < -0.4 is 23.7 Å². The van der Waals surface area contributed by atoms with Gasteiger partial charge in [0.2, 0.25) is 12.5 Å². The Labute approximate surface area is 186 Å². The van der Waals surface area contributed by atoms with Crippen molar-refractivity contribution >= 4 is 5.97 Å². The van der Waals surface area contributed by atoms with E-state index in [0.717, 1.165) is 16.7 Å². The summed E-state index contributed by atoms with van der Waals surface area (Å²) < 4.78 is 39.6. The highest BCUT2D eigenvalue weighted by Gasteiger charge is 2.53. The first-order valence-corrected chi connectivity index (χ1v) is 10.6. The summed E-state index contributed by atoms with van der Waals surface area (Å²) in [6, 6.07) is 7.72. The van der Waals surface area contributed by atoms with Crippen molar-refractivity contribution in [2.75, 3.05) is 41.3 Å². The zero-order valence-corrected chi connectivity index (χ0v) is 18.5. The van der Waals surface area contributed by atoms with Crippen LogP contribution in [0.4, 0.5) is 0 Å². The Kier molecular flexibility index (Phi) is 5.25. The summed E-state index contributed by atoms with van der Waals surface area (Å²) >= 11 is 0. The molecule has 0 bridgehead atoms. The fraction of sp³-hybridized carbons (Fsp3) is 0.458. The molecule has 5 rings (SSSR count). The van der Waals surface area contributed by atoms with Crippen LogP contribution in [-0.2, 0) is 14.3 Å². The Morgan fingerprint density at radius 3 is 2.16 bits per heavy atom. The van der Waals surface area contributed by atoms with Crippen LogP contribution in [0.5, 0.6) is 28.7 Å². The summed E-state index contributed by atoms with van der Waals surface area (Å²) in [5.74, 6) is 1.81. The average molecular weight is 442 g/mol. The van der Waals surface area contributed by atoms with Gasteiger partial charge in [-0.2, -0.15) is 0 Å². The predicted molar refractivity (Wildman–Crippen MR) is 113 cm³/mol. The maximum absolute atomic E-state index is 13.0. The number of carbonyl (C=O) groups excluding carboxylic acids is 1. The molecule has 1 aliphatic carbocycles. The number of benzene rings is 2. The second-order valence-electron chi connectivity index (χ2n) is 7.97. The lowest BCUT2D eigenvalue weighted by atomic mass is 9.66. The third kappa shape index (κ3) is 3.04. The summed E-state index contributed by atoms with van der Waals surface area (Å²) in [6.45, 7) is 2.94. The molecule has 0 amide bonds. The van der Waals surface area contributed by atoms with Crippen molar-refractivity contribution in [1.82, 2.24) is 0 Å². The number of esters is 1. The third-order valence-electron chi connectivity index (χ3n) is 6.51. The number of ether oxygens (including phenoxy) is 7. The minimum Gasteiger partial charge on any atom is -0.493 e. The molecule has 3 aliphatic rings. The van der Waals surface area contributed by atoms with Gasteiger partial charge in [-0.1, -0.05) is 0 Å². The quantitative estimate of drug-likeness (QED) is 0.630.